The normalized spacial score (nSPS) is 10.9. The maximum absolute atomic E-state index is 11.5. The fourth-order valence-corrected chi connectivity index (χ4v) is 1.71. The molecule has 0 saturated heterocycles. The molecule has 22 heavy (non-hydrogen) atoms. The predicted molar refractivity (Wildman–Crippen MR) is 82.8 cm³/mol. The second-order valence-corrected chi connectivity index (χ2v) is 5.78. The van der Waals surface area contributed by atoms with Crippen LogP contribution in [0, 0.1) is 0 Å². The van der Waals surface area contributed by atoms with Crippen LogP contribution in [0.15, 0.2) is 18.2 Å². The van der Waals surface area contributed by atoms with Crippen molar-refractivity contribution in [1.82, 2.24) is 0 Å². The summed E-state index contributed by atoms with van der Waals surface area (Å²) in [6, 6.07) is 4.76. The number of rotatable bonds is 6. The Bertz CT molecular complexity index is 534. The lowest BCUT2D eigenvalue weighted by Crippen LogP contribution is -2.23. The van der Waals surface area contributed by atoms with Gasteiger partial charge in [0.25, 0.3) is 0 Å². The summed E-state index contributed by atoms with van der Waals surface area (Å²) in [6.07, 6.45) is 0.795. The molecule has 1 aromatic carbocycles. The van der Waals surface area contributed by atoms with Crippen molar-refractivity contribution in [3.8, 4) is 5.75 Å². The highest BCUT2D eigenvalue weighted by Crippen LogP contribution is 2.20. The predicted octanol–water partition coefficient (Wildman–Crippen LogP) is 2.56. The van der Waals surface area contributed by atoms with Crippen LogP contribution in [0.2, 0.25) is 0 Å². The van der Waals surface area contributed by atoms with Gasteiger partial charge in [-0.1, -0.05) is 0 Å². The molecule has 0 atom stereocenters. The zero-order chi connectivity index (χ0) is 16.8. The van der Waals surface area contributed by atoms with Gasteiger partial charge in [0.15, 0.2) is 0 Å². The smallest absolute Gasteiger partial charge is 0.340 e. The summed E-state index contributed by atoms with van der Waals surface area (Å²) in [5.74, 6) is -0.279. The third-order valence-corrected chi connectivity index (χ3v) is 2.64. The van der Waals surface area contributed by atoms with E-state index in [0.717, 1.165) is 0 Å². The highest BCUT2D eigenvalue weighted by molar-refractivity contribution is 5.95. The molecular weight excluding hydrogens is 286 g/mol. The van der Waals surface area contributed by atoms with Crippen LogP contribution in [0.1, 0.15) is 44.0 Å². The molecule has 0 radical (unpaired) electrons. The number of carbonyl (C=O) groups is 2. The molecule has 122 valence electrons. The Morgan fingerprint density at radius 2 is 1.91 bits per heavy atom. The molecule has 0 aliphatic carbocycles. The number of nitrogens with two attached hydrogens (primary N) is 1. The fraction of sp³-hybridized carbons (Fsp3) is 0.500. The van der Waals surface area contributed by atoms with Gasteiger partial charge in [-0.3, -0.25) is 4.79 Å². The molecular formula is C16H23NO5. The first-order chi connectivity index (χ1) is 10.2. The maximum atomic E-state index is 11.5. The van der Waals surface area contributed by atoms with Crippen molar-refractivity contribution in [3.05, 3.63) is 23.8 Å². The van der Waals surface area contributed by atoms with Gasteiger partial charge < -0.3 is 19.9 Å². The van der Waals surface area contributed by atoms with Crippen molar-refractivity contribution >= 4 is 17.6 Å². The van der Waals surface area contributed by atoms with Gasteiger partial charge in [0, 0.05) is 12.1 Å². The molecule has 1 aromatic rings. The Balaban J connectivity index is 2.46. The van der Waals surface area contributed by atoms with E-state index in [4.69, 9.17) is 15.2 Å². The number of nitrogen functional groups attached to an aromatic ring is 1. The minimum Gasteiger partial charge on any atom is -0.494 e. The van der Waals surface area contributed by atoms with E-state index >= 15 is 0 Å². The average molecular weight is 309 g/mol. The Hall–Kier alpha value is -2.24. The Labute approximate surface area is 130 Å². The summed E-state index contributed by atoms with van der Waals surface area (Å²) in [5, 5.41) is 0. The minimum atomic E-state index is -0.517. The van der Waals surface area contributed by atoms with Gasteiger partial charge in [-0.2, -0.15) is 0 Å². The van der Waals surface area contributed by atoms with Gasteiger partial charge in [0.2, 0.25) is 0 Å². The van der Waals surface area contributed by atoms with Crippen LogP contribution in [-0.2, 0) is 14.3 Å². The highest BCUT2D eigenvalue weighted by Gasteiger charge is 2.16. The molecule has 0 heterocycles. The summed E-state index contributed by atoms with van der Waals surface area (Å²) in [5.41, 5.74) is 5.80. The summed E-state index contributed by atoms with van der Waals surface area (Å²) in [4.78, 5) is 23.1. The quantitative estimate of drug-likeness (QED) is 0.493. The molecule has 6 nitrogen and oxygen atoms in total. The first-order valence-electron chi connectivity index (χ1n) is 7.05. The number of hydrogen-bond acceptors (Lipinski definition) is 6. The highest BCUT2D eigenvalue weighted by atomic mass is 16.6. The summed E-state index contributed by atoms with van der Waals surface area (Å²) in [6.45, 7) is 5.81. The molecule has 0 aliphatic rings. The van der Waals surface area contributed by atoms with E-state index in [9.17, 15) is 9.59 Å². The molecule has 0 spiro atoms. The lowest BCUT2D eigenvalue weighted by Gasteiger charge is -2.19. The molecule has 0 amide bonds. The van der Waals surface area contributed by atoms with E-state index in [1.54, 1.807) is 12.1 Å². The van der Waals surface area contributed by atoms with E-state index in [1.165, 1.54) is 13.2 Å². The monoisotopic (exact) mass is 309 g/mol. The molecule has 1 rings (SSSR count). The number of hydrogen-bond donors (Lipinski definition) is 1. The molecule has 6 heteroatoms. The van der Waals surface area contributed by atoms with Crippen molar-refractivity contribution in [2.24, 2.45) is 0 Å². The van der Waals surface area contributed by atoms with Crippen molar-refractivity contribution in [3.63, 3.8) is 0 Å². The van der Waals surface area contributed by atoms with E-state index in [0.29, 0.717) is 24.5 Å². The molecule has 0 aromatic heterocycles. The lowest BCUT2D eigenvalue weighted by molar-refractivity contribution is -0.155. The van der Waals surface area contributed by atoms with E-state index in [2.05, 4.69) is 4.74 Å². The largest absolute Gasteiger partial charge is 0.494 e. The van der Waals surface area contributed by atoms with Gasteiger partial charge in [-0.05, 0) is 45.4 Å². The van der Waals surface area contributed by atoms with Crippen LogP contribution in [0.3, 0.4) is 0 Å². The second kappa shape index (κ2) is 7.68. The third kappa shape index (κ3) is 6.03. The SMILES string of the molecule is COC(=O)c1cc(OCCCC(=O)OC(C)(C)C)ccc1N. The van der Waals surface area contributed by atoms with Crippen molar-refractivity contribution in [2.45, 2.75) is 39.2 Å². The first kappa shape index (κ1) is 17.8. The van der Waals surface area contributed by atoms with Crippen LogP contribution in [-0.4, -0.2) is 31.3 Å². The summed E-state index contributed by atoms with van der Waals surface area (Å²) in [7, 11) is 1.29. The van der Waals surface area contributed by atoms with Gasteiger partial charge in [0.1, 0.15) is 11.4 Å². The number of anilines is 1. The Morgan fingerprint density at radius 1 is 1.23 bits per heavy atom. The fourth-order valence-electron chi connectivity index (χ4n) is 1.71. The Kier molecular flexibility index (Phi) is 6.22. The second-order valence-electron chi connectivity index (χ2n) is 5.78. The number of benzene rings is 1. The lowest BCUT2D eigenvalue weighted by atomic mass is 10.1. The summed E-state index contributed by atoms with van der Waals surface area (Å²) >= 11 is 0. The number of methoxy groups -OCH3 is 1. The van der Waals surface area contributed by atoms with Crippen LogP contribution in [0.25, 0.3) is 0 Å². The van der Waals surface area contributed by atoms with Gasteiger partial charge >= 0.3 is 11.9 Å². The molecule has 0 unspecified atom stereocenters. The van der Waals surface area contributed by atoms with E-state index in [1.807, 2.05) is 20.8 Å². The van der Waals surface area contributed by atoms with Crippen molar-refractivity contribution < 1.29 is 23.8 Å². The standard InChI is InChI=1S/C16H23NO5/c1-16(2,3)22-14(18)6-5-9-21-11-7-8-13(17)12(10-11)15(19)20-4/h7-8,10H,5-6,9,17H2,1-4H3. The van der Waals surface area contributed by atoms with E-state index < -0.39 is 11.6 Å². The average Bonchev–Trinajstić information content (AvgIpc) is 2.42. The van der Waals surface area contributed by atoms with Crippen LogP contribution >= 0.6 is 0 Å². The zero-order valence-corrected chi connectivity index (χ0v) is 13.5. The molecule has 0 aliphatic heterocycles. The zero-order valence-electron chi connectivity index (χ0n) is 13.5. The molecule has 0 saturated carbocycles. The molecule has 0 bridgehead atoms. The van der Waals surface area contributed by atoms with Crippen molar-refractivity contribution in [1.29, 1.82) is 0 Å². The number of carbonyl (C=O) groups excluding carboxylic acids is 2. The Morgan fingerprint density at radius 3 is 2.50 bits per heavy atom. The van der Waals surface area contributed by atoms with Crippen LogP contribution < -0.4 is 10.5 Å². The van der Waals surface area contributed by atoms with Crippen LogP contribution in [0.5, 0.6) is 5.75 Å². The van der Waals surface area contributed by atoms with Crippen molar-refractivity contribution in [2.75, 3.05) is 19.5 Å². The minimum absolute atomic E-state index is 0.257. The third-order valence-electron chi connectivity index (χ3n) is 2.64. The number of ether oxygens (including phenoxy) is 3. The first-order valence-corrected chi connectivity index (χ1v) is 7.05. The maximum Gasteiger partial charge on any atom is 0.340 e. The molecule has 2 N–H and O–H groups in total. The number of esters is 2. The topological polar surface area (TPSA) is 87.8 Å². The van der Waals surface area contributed by atoms with Gasteiger partial charge in [-0.25, -0.2) is 4.79 Å². The van der Waals surface area contributed by atoms with E-state index in [-0.39, 0.29) is 18.0 Å². The van der Waals surface area contributed by atoms with Gasteiger partial charge in [-0.15, -0.1) is 0 Å². The molecule has 0 fully saturated rings. The summed E-state index contributed by atoms with van der Waals surface area (Å²) < 4.78 is 15.3. The van der Waals surface area contributed by atoms with Gasteiger partial charge in [0.05, 0.1) is 19.3 Å². The van der Waals surface area contributed by atoms with Crippen LogP contribution in [0.4, 0.5) is 5.69 Å².